The number of nitrogens with one attached hydrogen (secondary N) is 2. The van der Waals surface area contributed by atoms with Gasteiger partial charge in [0.1, 0.15) is 5.82 Å². The molecule has 1 unspecified atom stereocenters. The Morgan fingerprint density at radius 1 is 1.18 bits per heavy atom. The summed E-state index contributed by atoms with van der Waals surface area (Å²) in [5.74, 6) is -1.71. The fraction of sp³-hybridized carbons (Fsp3) is 0.250. The molecule has 2 aromatic carbocycles. The average Bonchev–Trinajstić information content (AvgIpc) is 3.36. The molecule has 0 saturated carbocycles. The lowest BCUT2D eigenvalue weighted by atomic mass is 10.1. The summed E-state index contributed by atoms with van der Waals surface area (Å²) in [6.07, 6.45) is 0.122. The first-order chi connectivity index (χ1) is 15.7. The van der Waals surface area contributed by atoms with Crippen LogP contribution in [0.5, 0.6) is 0 Å². The Labute approximate surface area is 194 Å². The van der Waals surface area contributed by atoms with Gasteiger partial charge in [0, 0.05) is 42.2 Å². The summed E-state index contributed by atoms with van der Waals surface area (Å²) in [4.78, 5) is 42.5. The maximum absolute atomic E-state index is 14.5. The third-order valence-corrected chi connectivity index (χ3v) is 6.42. The Balaban J connectivity index is 1.45. The SMILES string of the molecule is CC(=O)Nc1ccc(-c2csc(NC(=O)C3CC(=O)N(c4cccc(C)c4C)C3)n2)c(F)c1. The third kappa shape index (κ3) is 4.78. The smallest absolute Gasteiger partial charge is 0.231 e. The van der Waals surface area contributed by atoms with Crippen molar-refractivity contribution >= 4 is 45.6 Å². The van der Waals surface area contributed by atoms with Crippen LogP contribution in [0.15, 0.2) is 41.8 Å². The molecule has 0 radical (unpaired) electrons. The second kappa shape index (κ2) is 9.11. The van der Waals surface area contributed by atoms with Gasteiger partial charge in [0.05, 0.1) is 11.6 Å². The fourth-order valence-corrected chi connectivity index (χ4v) is 4.52. The molecule has 1 aliphatic rings. The molecule has 0 spiro atoms. The van der Waals surface area contributed by atoms with Gasteiger partial charge in [-0.1, -0.05) is 12.1 Å². The van der Waals surface area contributed by atoms with Gasteiger partial charge in [-0.15, -0.1) is 11.3 Å². The summed E-state index contributed by atoms with van der Waals surface area (Å²) in [5.41, 5.74) is 3.92. The van der Waals surface area contributed by atoms with Crippen LogP contribution in [0.2, 0.25) is 0 Å². The zero-order chi connectivity index (χ0) is 23.7. The standard InChI is InChI=1S/C24H23FN4O3S/c1-13-5-4-6-21(14(13)2)29-11-16(9-22(29)31)23(32)28-24-27-20(12-33-24)18-8-7-17(10-19(18)25)26-15(3)30/h4-8,10,12,16H,9,11H2,1-3H3,(H,26,30)(H,27,28,32). The van der Waals surface area contributed by atoms with Crippen molar-refractivity contribution in [3.63, 3.8) is 0 Å². The van der Waals surface area contributed by atoms with Crippen molar-refractivity contribution in [2.24, 2.45) is 5.92 Å². The van der Waals surface area contributed by atoms with E-state index in [4.69, 9.17) is 0 Å². The van der Waals surface area contributed by atoms with E-state index in [-0.39, 0.29) is 29.7 Å². The molecular weight excluding hydrogens is 443 g/mol. The molecule has 1 aliphatic heterocycles. The van der Waals surface area contributed by atoms with Crippen LogP contribution >= 0.6 is 11.3 Å². The highest BCUT2D eigenvalue weighted by Gasteiger charge is 2.36. The van der Waals surface area contributed by atoms with E-state index in [2.05, 4.69) is 15.6 Å². The lowest BCUT2D eigenvalue weighted by Gasteiger charge is -2.20. The van der Waals surface area contributed by atoms with Gasteiger partial charge in [0.2, 0.25) is 17.7 Å². The first kappa shape index (κ1) is 22.6. The van der Waals surface area contributed by atoms with Crippen molar-refractivity contribution in [1.82, 2.24) is 4.98 Å². The number of amides is 3. The van der Waals surface area contributed by atoms with Crippen molar-refractivity contribution < 1.29 is 18.8 Å². The number of anilines is 3. The van der Waals surface area contributed by atoms with E-state index in [9.17, 15) is 18.8 Å². The number of carbonyl (C=O) groups is 3. The Morgan fingerprint density at radius 2 is 1.97 bits per heavy atom. The lowest BCUT2D eigenvalue weighted by Crippen LogP contribution is -2.28. The first-order valence-corrected chi connectivity index (χ1v) is 11.3. The Hall–Kier alpha value is -3.59. The second-order valence-corrected chi connectivity index (χ2v) is 8.89. The molecule has 7 nitrogen and oxygen atoms in total. The number of hydrogen-bond donors (Lipinski definition) is 2. The normalized spacial score (nSPS) is 15.6. The number of rotatable bonds is 5. The monoisotopic (exact) mass is 466 g/mol. The van der Waals surface area contributed by atoms with Crippen LogP contribution in [0.25, 0.3) is 11.3 Å². The molecule has 3 amide bonds. The van der Waals surface area contributed by atoms with Crippen molar-refractivity contribution in [3.05, 3.63) is 58.7 Å². The van der Waals surface area contributed by atoms with Gasteiger partial charge in [-0.3, -0.25) is 14.4 Å². The molecule has 0 bridgehead atoms. The molecular formula is C24H23FN4O3S. The van der Waals surface area contributed by atoms with Gasteiger partial charge in [-0.05, 0) is 49.2 Å². The summed E-state index contributed by atoms with van der Waals surface area (Å²) in [6.45, 7) is 5.59. The minimum atomic E-state index is -0.532. The van der Waals surface area contributed by atoms with E-state index in [1.54, 1.807) is 16.3 Å². The third-order valence-electron chi connectivity index (χ3n) is 5.66. The minimum absolute atomic E-state index is 0.0926. The number of nitrogens with zero attached hydrogens (tertiary/aromatic N) is 2. The first-order valence-electron chi connectivity index (χ1n) is 10.4. The van der Waals surface area contributed by atoms with E-state index in [0.717, 1.165) is 16.8 Å². The molecule has 0 aliphatic carbocycles. The molecule has 33 heavy (non-hydrogen) atoms. The van der Waals surface area contributed by atoms with Gasteiger partial charge >= 0.3 is 0 Å². The molecule has 1 saturated heterocycles. The molecule has 4 rings (SSSR count). The minimum Gasteiger partial charge on any atom is -0.326 e. The second-order valence-electron chi connectivity index (χ2n) is 8.03. The highest BCUT2D eigenvalue weighted by molar-refractivity contribution is 7.14. The molecule has 2 N–H and O–H groups in total. The zero-order valence-electron chi connectivity index (χ0n) is 18.4. The predicted molar refractivity (Wildman–Crippen MR) is 127 cm³/mol. The summed E-state index contributed by atoms with van der Waals surface area (Å²) in [5, 5.41) is 7.27. The van der Waals surface area contributed by atoms with E-state index < -0.39 is 11.7 Å². The quantitative estimate of drug-likeness (QED) is 0.579. The predicted octanol–water partition coefficient (Wildman–Crippen LogP) is 4.52. The van der Waals surface area contributed by atoms with Crippen molar-refractivity contribution in [1.29, 1.82) is 0 Å². The average molecular weight is 467 g/mol. The van der Waals surface area contributed by atoms with Crippen LogP contribution in [-0.4, -0.2) is 29.3 Å². The molecule has 2 heterocycles. The number of aromatic nitrogens is 1. The van der Waals surface area contributed by atoms with Crippen LogP contribution < -0.4 is 15.5 Å². The number of benzene rings is 2. The van der Waals surface area contributed by atoms with Crippen LogP contribution in [0.3, 0.4) is 0 Å². The van der Waals surface area contributed by atoms with E-state index >= 15 is 0 Å². The Kier molecular flexibility index (Phi) is 6.24. The van der Waals surface area contributed by atoms with Crippen LogP contribution in [-0.2, 0) is 14.4 Å². The van der Waals surface area contributed by atoms with Gasteiger partial charge in [-0.25, -0.2) is 9.37 Å². The molecule has 1 atom stereocenters. The zero-order valence-corrected chi connectivity index (χ0v) is 19.3. The van der Waals surface area contributed by atoms with Gasteiger partial charge in [-0.2, -0.15) is 0 Å². The summed E-state index contributed by atoms with van der Waals surface area (Å²) < 4.78 is 14.5. The summed E-state index contributed by atoms with van der Waals surface area (Å²) in [6, 6.07) is 10.1. The largest absolute Gasteiger partial charge is 0.326 e. The van der Waals surface area contributed by atoms with Crippen molar-refractivity contribution in [2.75, 3.05) is 22.1 Å². The molecule has 3 aromatic rings. The molecule has 1 fully saturated rings. The number of carbonyl (C=O) groups excluding carboxylic acids is 3. The summed E-state index contributed by atoms with van der Waals surface area (Å²) >= 11 is 1.18. The van der Waals surface area contributed by atoms with Crippen molar-refractivity contribution in [2.45, 2.75) is 27.2 Å². The molecule has 170 valence electrons. The fourth-order valence-electron chi connectivity index (χ4n) is 3.81. The molecule has 9 heteroatoms. The topological polar surface area (TPSA) is 91.4 Å². The number of thiazole rings is 1. The van der Waals surface area contributed by atoms with Crippen LogP contribution in [0.1, 0.15) is 24.5 Å². The maximum Gasteiger partial charge on any atom is 0.231 e. The Bertz CT molecular complexity index is 1260. The number of aryl methyl sites for hydroxylation is 1. The van der Waals surface area contributed by atoms with Gasteiger partial charge in [0.15, 0.2) is 5.13 Å². The highest BCUT2D eigenvalue weighted by Crippen LogP contribution is 2.32. The van der Waals surface area contributed by atoms with E-state index in [0.29, 0.717) is 23.1 Å². The van der Waals surface area contributed by atoms with Gasteiger partial charge in [0.25, 0.3) is 0 Å². The Morgan fingerprint density at radius 3 is 2.70 bits per heavy atom. The van der Waals surface area contributed by atoms with Crippen LogP contribution in [0, 0.1) is 25.6 Å². The van der Waals surface area contributed by atoms with Crippen LogP contribution in [0.4, 0.5) is 20.9 Å². The lowest BCUT2D eigenvalue weighted by molar-refractivity contribution is -0.122. The van der Waals surface area contributed by atoms with Gasteiger partial charge < -0.3 is 15.5 Å². The number of halogens is 1. The number of hydrogen-bond acceptors (Lipinski definition) is 5. The summed E-state index contributed by atoms with van der Waals surface area (Å²) in [7, 11) is 0. The maximum atomic E-state index is 14.5. The highest BCUT2D eigenvalue weighted by atomic mass is 32.1. The van der Waals surface area contributed by atoms with E-state index in [1.165, 1.54) is 30.4 Å². The molecule has 1 aromatic heterocycles. The van der Waals surface area contributed by atoms with E-state index in [1.807, 2.05) is 32.0 Å². The van der Waals surface area contributed by atoms with Crippen molar-refractivity contribution in [3.8, 4) is 11.3 Å².